The van der Waals surface area contributed by atoms with E-state index in [9.17, 15) is 27.3 Å². The summed E-state index contributed by atoms with van der Waals surface area (Å²) in [5, 5.41) is 19.2. The SMILES string of the molecule is N#Cc1c(C(F)F)ncc([N+](=O)[O-])c1S(=O)(=O)Cl. The molecule has 1 aromatic rings. The molecule has 0 aliphatic carbocycles. The first-order valence-electron chi connectivity index (χ1n) is 4.00. The number of aromatic nitrogens is 1. The topological polar surface area (TPSA) is 114 Å². The van der Waals surface area contributed by atoms with Crippen molar-refractivity contribution in [1.29, 1.82) is 5.26 Å². The van der Waals surface area contributed by atoms with Gasteiger partial charge < -0.3 is 0 Å². The second-order valence-electron chi connectivity index (χ2n) is 2.84. The van der Waals surface area contributed by atoms with Crippen molar-refractivity contribution >= 4 is 25.4 Å². The van der Waals surface area contributed by atoms with Crippen molar-refractivity contribution in [1.82, 2.24) is 4.98 Å². The molecule has 0 bridgehead atoms. The van der Waals surface area contributed by atoms with Gasteiger partial charge in [-0.05, 0) is 0 Å². The minimum Gasteiger partial charge on any atom is -0.258 e. The van der Waals surface area contributed by atoms with Crippen molar-refractivity contribution < 1.29 is 22.1 Å². The highest BCUT2D eigenvalue weighted by Crippen LogP contribution is 2.33. The fraction of sp³-hybridized carbons (Fsp3) is 0.143. The first kappa shape index (κ1) is 14.2. The number of nitrogens with zero attached hydrogens (tertiary/aromatic N) is 3. The lowest BCUT2D eigenvalue weighted by molar-refractivity contribution is -0.388. The summed E-state index contributed by atoms with van der Waals surface area (Å²) >= 11 is 0. The predicted molar refractivity (Wildman–Crippen MR) is 53.6 cm³/mol. The maximum Gasteiger partial charge on any atom is 0.308 e. The Morgan fingerprint density at radius 2 is 2.11 bits per heavy atom. The number of rotatable bonds is 3. The Bertz CT molecular complexity index is 655. The second kappa shape index (κ2) is 4.79. The number of pyridine rings is 1. The van der Waals surface area contributed by atoms with Gasteiger partial charge in [0.05, 0.1) is 4.92 Å². The Morgan fingerprint density at radius 1 is 1.56 bits per heavy atom. The summed E-state index contributed by atoms with van der Waals surface area (Å²) in [6, 6.07) is 1.14. The molecule has 11 heteroatoms. The van der Waals surface area contributed by atoms with Crippen LogP contribution in [0.25, 0.3) is 0 Å². The summed E-state index contributed by atoms with van der Waals surface area (Å²) in [6.07, 6.45) is -2.95. The van der Waals surface area contributed by atoms with Crippen LogP contribution in [0.5, 0.6) is 0 Å². The van der Waals surface area contributed by atoms with E-state index in [0.717, 1.165) is 6.07 Å². The quantitative estimate of drug-likeness (QED) is 0.477. The van der Waals surface area contributed by atoms with Crippen LogP contribution in [0.2, 0.25) is 0 Å². The molecule has 1 aromatic heterocycles. The lowest BCUT2D eigenvalue weighted by Crippen LogP contribution is -2.07. The van der Waals surface area contributed by atoms with Crippen LogP contribution in [-0.4, -0.2) is 18.3 Å². The number of halogens is 3. The molecule has 96 valence electrons. The van der Waals surface area contributed by atoms with Crippen LogP contribution in [0.3, 0.4) is 0 Å². The van der Waals surface area contributed by atoms with Crippen LogP contribution in [0.15, 0.2) is 11.1 Å². The van der Waals surface area contributed by atoms with Crippen molar-refractivity contribution in [2.24, 2.45) is 0 Å². The van der Waals surface area contributed by atoms with Gasteiger partial charge in [-0.15, -0.1) is 0 Å². The monoisotopic (exact) mass is 297 g/mol. The predicted octanol–water partition coefficient (Wildman–Crippen LogP) is 1.73. The van der Waals surface area contributed by atoms with Crippen molar-refractivity contribution in [2.45, 2.75) is 11.3 Å². The minimum absolute atomic E-state index is 0.317. The highest BCUT2D eigenvalue weighted by molar-refractivity contribution is 8.13. The zero-order valence-electron chi connectivity index (χ0n) is 8.17. The molecule has 0 amide bonds. The maximum atomic E-state index is 12.5. The first-order valence-corrected chi connectivity index (χ1v) is 6.31. The van der Waals surface area contributed by atoms with Crippen LogP contribution < -0.4 is 0 Å². The summed E-state index contributed by atoms with van der Waals surface area (Å²) in [7, 11) is 0.170. The number of hydrogen-bond acceptors (Lipinski definition) is 6. The zero-order valence-corrected chi connectivity index (χ0v) is 9.74. The van der Waals surface area contributed by atoms with Gasteiger partial charge in [0.2, 0.25) is 0 Å². The first-order chi connectivity index (χ1) is 8.20. The van der Waals surface area contributed by atoms with Gasteiger partial charge >= 0.3 is 5.69 Å². The van der Waals surface area contributed by atoms with E-state index in [2.05, 4.69) is 4.98 Å². The molecule has 0 aliphatic heterocycles. The summed E-state index contributed by atoms with van der Waals surface area (Å²) in [4.78, 5) is 11.1. The van der Waals surface area contributed by atoms with Crippen LogP contribution in [0, 0.1) is 21.4 Å². The molecular weight excluding hydrogens is 296 g/mol. The van der Waals surface area contributed by atoms with Crippen molar-refractivity contribution in [3.8, 4) is 6.07 Å². The van der Waals surface area contributed by atoms with Gasteiger partial charge in [0.25, 0.3) is 15.5 Å². The molecule has 0 N–H and O–H groups in total. The van der Waals surface area contributed by atoms with E-state index in [1.54, 1.807) is 0 Å². The molecule has 1 rings (SSSR count). The van der Waals surface area contributed by atoms with E-state index in [1.165, 1.54) is 0 Å². The number of alkyl halides is 2. The van der Waals surface area contributed by atoms with Crippen LogP contribution in [0.1, 0.15) is 17.7 Å². The Balaban J connectivity index is 3.87. The summed E-state index contributed by atoms with van der Waals surface area (Å²) in [6.45, 7) is 0. The second-order valence-corrected chi connectivity index (χ2v) is 5.34. The summed E-state index contributed by atoms with van der Waals surface area (Å²) in [5.41, 5.74) is -3.44. The third-order valence-corrected chi connectivity index (χ3v) is 3.16. The van der Waals surface area contributed by atoms with Crippen molar-refractivity contribution in [3.63, 3.8) is 0 Å². The molecule has 1 heterocycles. The molecular formula is C7H2ClF2N3O4S. The smallest absolute Gasteiger partial charge is 0.258 e. The molecule has 0 aromatic carbocycles. The van der Waals surface area contributed by atoms with Crippen molar-refractivity contribution in [2.75, 3.05) is 0 Å². The van der Waals surface area contributed by atoms with Gasteiger partial charge in [-0.3, -0.25) is 10.1 Å². The fourth-order valence-electron chi connectivity index (χ4n) is 1.15. The van der Waals surface area contributed by atoms with Gasteiger partial charge in [0.1, 0.15) is 23.5 Å². The Kier molecular flexibility index (Phi) is 3.78. The van der Waals surface area contributed by atoms with Gasteiger partial charge in [-0.2, -0.15) is 5.26 Å². The lowest BCUT2D eigenvalue weighted by atomic mass is 10.2. The molecule has 0 saturated carbocycles. The molecule has 0 aliphatic rings. The average Bonchev–Trinajstić information content (AvgIpc) is 2.25. The van der Waals surface area contributed by atoms with Gasteiger partial charge in [-0.1, -0.05) is 0 Å². The average molecular weight is 298 g/mol. The Labute approximate surface area is 103 Å². The number of nitro groups is 1. The van der Waals surface area contributed by atoms with Crippen LogP contribution in [-0.2, 0) is 9.05 Å². The molecule has 0 fully saturated rings. The normalized spacial score (nSPS) is 11.3. The molecule has 0 spiro atoms. The highest BCUT2D eigenvalue weighted by atomic mass is 35.7. The standard InChI is InChI=1S/C7H2ClF2N3O4S/c8-18(16,17)6-3(1-11)5(7(9)10)12-2-4(6)13(14)15/h2,7H. The van der Waals surface area contributed by atoms with Gasteiger partial charge in [0.15, 0.2) is 4.90 Å². The molecule has 18 heavy (non-hydrogen) atoms. The largest absolute Gasteiger partial charge is 0.308 e. The molecule has 0 radical (unpaired) electrons. The van der Waals surface area contributed by atoms with E-state index in [0.29, 0.717) is 6.20 Å². The third-order valence-electron chi connectivity index (χ3n) is 1.80. The van der Waals surface area contributed by atoms with E-state index >= 15 is 0 Å². The molecule has 7 nitrogen and oxygen atoms in total. The van der Waals surface area contributed by atoms with E-state index in [-0.39, 0.29) is 0 Å². The third kappa shape index (κ3) is 2.52. The Morgan fingerprint density at radius 3 is 2.44 bits per heavy atom. The molecule has 0 unspecified atom stereocenters. The van der Waals surface area contributed by atoms with E-state index in [4.69, 9.17) is 15.9 Å². The summed E-state index contributed by atoms with van der Waals surface area (Å²) in [5.74, 6) is 0. The maximum absolute atomic E-state index is 12.5. The highest BCUT2D eigenvalue weighted by Gasteiger charge is 2.33. The van der Waals surface area contributed by atoms with Crippen LogP contribution in [0.4, 0.5) is 14.5 Å². The molecule has 0 atom stereocenters. The number of nitriles is 1. The van der Waals surface area contributed by atoms with E-state index < -0.39 is 42.2 Å². The van der Waals surface area contributed by atoms with Gasteiger partial charge in [-0.25, -0.2) is 22.2 Å². The Hall–Kier alpha value is -1.86. The van der Waals surface area contributed by atoms with Gasteiger partial charge in [0, 0.05) is 10.7 Å². The lowest BCUT2D eigenvalue weighted by Gasteiger charge is -2.05. The van der Waals surface area contributed by atoms with Crippen LogP contribution >= 0.6 is 10.7 Å². The number of hydrogen-bond donors (Lipinski definition) is 0. The van der Waals surface area contributed by atoms with E-state index in [1.807, 2.05) is 0 Å². The minimum atomic E-state index is -4.74. The fourth-order valence-corrected chi connectivity index (χ4v) is 2.39. The summed E-state index contributed by atoms with van der Waals surface area (Å²) < 4.78 is 47.3. The van der Waals surface area contributed by atoms with Crippen molar-refractivity contribution in [3.05, 3.63) is 27.6 Å². The molecule has 0 saturated heterocycles. The zero-order chi connectivity index (χ0) is 14.1.